The monoisotopic (exact) mass is 277 g/mol. The average Bonchev–Trinajstić information content (AvgIpc) is 2.44. The molecule has 1 aromatic rings. The van der Waals surface area contributed by atoms with E-state index < -0.39 is 0 Å². The van der Waals surface area contributed by atoms with Gasteiger partial charge in [0.05, 0.1) is 0 Å². The second-order valence-electron chi connectivity index (χ2n) is 4.89. The van der Waals surface area contributed by atoms with Crippen molar-refractivity contribution in [3.63, 3.8) is 0 Å². The van der Waals surface area contributed by atoms with Crippen LogP contribution >= 0.6 is 0 Å². The van der Waals surface area contributed by atoms with Crippen LogP contribution in [0.2, 0.25) is 0 Å². The molecule has 110 valence electrons. The highest BCUT2D eigenvalue weighted by Gasteiger charge is 2.08. The minimum atomic E-state index is -0.118. The zero-order valence-electron chi connectivity index (χ0n) is 12.4. The number of rotatable bonds is 7. The summed E-state index contributed by atoms with van der Waals surface area (Å²) in [5.41, 5.74) is 1.14. The van der Waals surface area contributed by atoms with Crippen LogP contribution in [-0.4, -0.2) is 50.4 Å². The highest BCUT2D eigenvalue weighted by molar-refractivity contribution is 5.97. The third-order valence-electron chi connectivity index (χ3n) is 2.79. The molecule has 5 nitrogen and oxygen atoms in total. The fourth-order valence-corrected chi connectivity index (χ4v) is 1.61. The molecule has 0 atom stereocenters. The first kappa shape index (κ1) is 16.2. The maximum atomic E-state index is 11.8. The topological polar surface area (TPSA) is 61.4 Å². The summed E-state index contributed by atoms with van der Waals surface area (Å²) in [5.74, 6) is -0.223. The predicted octanol–water partition coefficient (Wildman–Crippen LogP) is 1.12. The first-order chi connectivity index (χ1) is 9.54. The fourth-order valence-electron chi connectivity index (χ4n) is 1.61. The van der Waals surface area contributed by atoms with Crippen molar-refractivity contribution >= 4 is 11.8 Å². The minimum absolute atomic E-state index is 0.105. The van der Waals surface area contributed by atoms with Crippen molar-refractivity contribution in [2.75, 3.05) is 33.7 Å². The van der Waals surface area contributed by atoms with Gasteiger partial charge in [-0.3, -0.25) is 9.59 Å². The Hall–Kier alpha value is -1.88. The van der Waals surface area contributed by atoms with Crippen LogP contribution in [-0.2, 0) is 0 Å². The molecule has 0 saturated carbocycles. The maximum Gasteiger partial charge on any atom is 0.251 e. The Bertz CT molecular complexity index is 441. The fraction of sp³-hybridized carbons (Fsp3) is 0.467. The van der Waals surface area contributed by atoms with E-state index >= 15 is 0 Å². The van der Waals surface area contributed by atoms with Gasteiger partial charge in [-0.1, -0.05) is 6.92 Å². The van der Waals surface area contributed by atoms with Gasteiger partial charge in [0.1, 0.15) is 0 Å². The molecule has 2 amide bonds. The van der Waals surface area contributed by atoms with Gasteiger partial charge in [-0.25, -0.2) is 0 Å². The van der Waals surface area contributed by atoms with Gasteiger partial charge in [0, 0.05) is 30.8 Å². The normalized spacial score (nSPS) is 10.4. The van der Waals surface area contributed by atoms with Gasteiger partial charge in [-0.2, -0.15) is 0 Å². The lowest BCUT2D eigenvalue weighted by Gasteiger charge is -2.10. The van der Waals surface area contributed by atoms with E-state index in [0.717, 1.165) is 13.0 Å². The van der Waals surface area contributed by atoms with E-state index in [0.29, 0.717) is 24.2 Å². The molecule has 0 fully saturated rings. The van der Waals surface area contributed by atoms with Crippen LogP contribution in [0.4, 0.5) is 0 Å². The smallest absolute Gasteiger partial charge is 0.251 e. The number of hydrogen-bond acceptors (Lipinski definition) is 3. The summed E-state index contributed by atoms with van der Waals surface area (Å²) in [6.45, 7) is 4.06. The molecule has 20 heavy (non-hydrogen) atoms. The zero-order valence-corrected chi connectivity index (χ0v) is 12.4. The standard InChI is InChI=1S/C15H23N3O2/c1-4-9-16-14(19)12-5-7-13(8-6-12)15(20)17-10-11-18(2)3/h5-8H,4,9-11H2,1-3H3,(H,16,19)(H,17,20). The average molecular weight is 277 g/mol. The van der Waals surface area contributed by atoms with Crippen LogP contribution in [0.15, 0.2) is 24.3 Å². The molecule has 0 saturated heterocycles. The van der Waals surface area contributed by atoms with E-state index in [1.807, 2.05) is 25.9 Å². The molecule has 1 rings (SSSR count). The second-order valence-corrected chi connectivity index (χ2v) is 4.89. The van der Waals surface area contributed by atoms with E-state index in [-0.39, 0.29) is 11.8 Å². The van der Waals surface area contributed by atoms with Gasteiger partial charge in [0.15, 0.2) is 0 Å². The molecule has 0 unspecified atom stereocenters. The molecular formula is C15H23N3O2. The summed E-state index contributed by atoms with van der Waals surface area (Å²) in [5, 5.41) is 5.63. The van der Waals surface area contributed by atoms with Gasteiger partial charge >= 0.3 is 0 Å². The van der Waals surface area contributed by atoms with Crippen molar-refractivity contribution < 1.29 is 9.59 Å². The Morgan fingerprint density at radius 1 is 0.950 bits per heavy atom. The maximum absolute atomic E-state index is 11.8. The Labute approximate surface area is 120 Å². The lowest BCUT2D eigenvalue weighted by Crippen LogP contribution is -2.31. The molecule has 0 aromatic heterocycles. The van der Waals surface area contributed by atoms with Gasteiger partial charge < -0.3 is 15.5 Å². The SMILES string of the molecule is CCCNC(=O)c1ccc(C(=O)NCCN(C)C)cc1. The van der Waals surface area contributed by atoms with E-state index in [9.17, 15) is 9.59 Å². The summed E-state index contributed by atoms with van der Waals surface area (Å²) in [6, 6.07) is 6.69. The van der Waals surface area contributed by atoms with E-state index in [1.165, 1.54) is 0 Å². The van der Waals surface area contributed by atoms with Crippen molar-refractivity contribution in [1.29, 1.82) is 0 Å². The molecule has 0 aliphatic rings. The van der Waals surface area contributed by atoms with Crippen LogP contribution in [0.3, 0.4) is 0 Å². The van der Waals surface area contributed by atoms with Crippen LogP contribution in [0.5, 0.6) is 0 Å². The molecule has 0 aliphatic carbocycles. The van der Waals surface area contributed by atoms with Crippen molar-refractivity contribution in [3.05, 3.63) is 35.4 Å². The number of nitrogens with one attached hydrogen (secondary N) is 2. The predicted molar refractivity (Wildman–Crippen MR) is 80.0 cm³/mol. The Morgan fingerprint density at radius 3 is 1.80 bits per heavy atom. The third-order valence-corrected chi connectivity index (χ3v) is 2.79. The largest absolute Gasteiger partial charge is 0.352 e. The van der Waals surface area contributed by atoms with Gasteiger partial charge in [-0.05, 0) is 44.8 Å². The van der Waals surface area contributed by atoms with E-state index in [4.69, 9.17) is 0 Å². The summed E-state index contributed by atoms with van der Waals surface area (Å²) in [7, 11) is 3.91. The molecule has 1 aromatic carbocycles. The van der Waals surface area contributed by atoms with Crippen molar-refractivity contribution in [3.8, 4) is 0 Å². The summed E-state index contributed by atoms with van der Waals surface area (Å²) >= 11 is 0. The number of nitrogens with zero attached hydrogens (tertiary/aromatic N) is 1. The Balaban J connectivity index is 2.53. The lowest BCUT2D eigenvalue weighted by atomic mass is 10.1. The number of hydrogen-bond donors (Lipinski definition) is 2. The minimum Gasteiger partial charge on any atom is -0.352 e. The molecule has 0 bridgehead atoms. The summed E-state index contributed by atoms with van der Waals surface area (Å²) < 4.78 is 0. The molecule has 0 aliphatic heterocycles. The van der Waals surface area contributed by atoms with Gasteiger partial charge in [-0.15, -0.1) is 0 Å². The zero-order chi connectivity index (χ0) is 15.0. The first-order valence-electron chi connectivity index (χ1n) is 6.85. The number of likely N-dealkylation sites (N-methyl/N-ethyl adjacent to an activating group) is 1. The van der Waals surface area contributed by atoms with Crippen molar-refractivity contribution in [2.24, 2.45) is 0 Å². The second kappa shape index (κ2) is 8.32. The van der Waals surface area contributed by atoms with E-state index in [2.05, 4.69) is 10.6 Å². The molecule has 2 N–H and O–H groups in total. The first-order valence-corrected chi connectivity index (χ1v) is 6.85. The highest BCUT2D eigenvalue weighted by atomic mass is 16.2. The van der Waals surface area contributed by atoms with Crippen molar-refractivity contribution in [2.45, 2.75) is 13.3 Å². The highest BCUT2D eigenvalue weighted by Crippen LogP contribution is 2.04. The van der Waals surface area contributed by atoms with Crippen LogP contribution in [0.1, 0.15) is 34.1 Å². The van der Waals surface area contributed by atoms with Crippen molar-refractivity contribution in [1.82, 2.24) is 15.5 Å². The quantitative estimate of drug-likeness (QED) is 0.785. The lowest BCUT2D eigenvalue weighted by molar-refractivity contribution is 0.0940. The third kappa shape index (κ3) is 5.40. The van der Waals surface area contributed by atoms with Gasteiger partial charge in [0.2, 0.25) is 0 Å². The van der Waals surface area contributed by atoms with E-state index in [1.54, 1.807) is 24.3 Å². The number of carbonyl (C=O) groups excluding carboxylic acids is 2. The molecule has 5 heteroatoms. The van der Waals surface area contributed by atoms with Gasteiger partial charge in [0.25, 0.3) is 11.8 Å². The summed E-state index contributed by atoms with van der Waals surface area (Å²) in [6.07, 6.45) is 0.901. The van der Waals surface area contributed by atoms with Crippen LogP contribution < -0.4 is 10.6 Å². The molecule has 0 heterocycles. The van der Waals surface area contributed by atoms with Crippen LogP contribution in [0.25, 0.3) is 0 Å². The Kier molecular flexibility index (Phi) is 6.73. The Morgan fingerprint density at radius 2 is 1.40 bits per heavy atom. The summed E-state index contributed by atoms with van der Waals surface area (Å²) in [4.78, 5) is 25.6. The van der Waals surface area contributed by atoms with Crippen LogP contribution in [0, 0.1) is 0 Å². The molecule has 0 radical (unpaired) electrons. The molecular weight excluding hydrogens is 254 g/mol. The number of amides is 2. The number of benzene rings is 1. The molecule has 0 spiro atoms. The number of carbonyl (C=O) groups is 2.